The Kier molecular flexibility index (Phi) is 4.22. The van der Waals surface area contributed by atoms with Gasteiger partial charge in [-0.3, -0.25) is 19.2 Å². The zero-order valence-electron chi connectivity index (χ0n) is 14.6. The van der Waals surface area contributed by atoms with Gasteiger partial charge in [0.25, 0.3) is 0 Å². The van der Waals surface area contributed by atoms with E-state index in [9.17, 15) is 19.2 Å². The van der Waals surface area contributed by atoms with Crippen LogP contribution < -0.4 is 0 Å². The highest BCUT2D eigenvalue weighted by Crippen LogP contribution is 2.44. The zero-order valence-corrected chi connectivity index (χ0v) is 14.6. The summed E-state index contributed by atoms with van der Waals surface area (Å²) in [6, 6.07) is 1.80. The van der Waals surface area contributed by atoms with Crippen molar-refractivity contribution >= 4 is 23.5 Å². The maximum atomic E-state index is 12.6. The summed E-state index contributed by atoms with van der Waals surface area (Å²) in [7, 11) is 0. The van der Waals surface area contributed by atoms with E-state index >= 15 is 0 Å². The number of esters is 2. The zero-order chi connectivity index (χ0) is 18.4. The summed E-state index contributed by atoms with van der Waals surface area (Å²) in [5.74, 6) is -1.74. The number of hydrogen-bond acceptors (Lipinski definition) is 6. The lowest BCUT2D eigenvalue weighted by Gasteiger charge is -2.24. The van der Waals surface area contributed by atoms with E-state index < -0.39 is 17.4 Å². The van der Waals surface area contributed by atoms with Gasteiger partial charge in [-0.05, 0) is 43.9 Å². The summed E-state index contributed by atoms with van der Waals surface area (Å²) in [6.45, 7) is 5.39. The van der Waals surface area contributed by atoms with Crippen molar-refractivity contribution in [2.24, 2.45) is 5.41 Å². The van der Waals surface area contributed by atoms with Crippen LogP contribution in [0.25, 0.3) is 0 Å². The van der Waals surface area contributed by atoms with E-state index in [0.717, 1.165) is 5.56 Å². The van der Waals surface area contributed by atoms with E-state index in [4.69, 9.17) is 9.47 Å². The summed E-state index contributed by atoms with van der Waals surface area (Å²) < 4.78 is 10.3. The molecule has 0 unspecified atom stereocenters. The minimum absolute atomic E-state index is 0.0294. The van der Waals surface area contributed by atoms with Gasteiger partial charge in [-0.15, -0.1) is 0 Å². The fraction of sp³-hybridized carbons (Fsp3) is 0.474. The molecule has 0 N–H and O–H groups in total. The van der Waals surface area contributed by atoms with Crippen LogP contribution >= 0.6 is 0 Å². The summed E-state index contributed by atoms with van der Waals surface area (Å²) in [5, 5.41) is 0. The van der Waals surface area contributed by atoms with Crippen LogP contribution in [-0.4, -0.2) is 36.7 Å². The Morgan fingerprint density at radius 3 is 2.12 bits per heavy atom. The largest absolute Gasteiger partial charge is 0.465 e. The van der Waals surface area contributed by atoms with Gasteiger partial charge >= 0.3 is 11.9 Å². The molecule has 2 aliphatic rings. The summed E-state index contributed by atoms with van der Waals surface area (Å²) >= 11 is 0. The quantitative estimate of drug-likeness (QED) is 0.613. The van der Waals surface area contributed by atoms with E-state index in [1.165, 1.54) is 0 Å². The Bertz CT molecular complexity index is 787. The van der Waals surface area contributed by atoms with E-state index in [-0.39, 0.29) is 44.0 Å². The number of rotatable bonds is 4. The normalized spacial score (nSPS) is 17.2. The van der Waals surface area contributed by atoms with E-state index in [1.807, 2.05) is 0 Å². The lowest BCUT2D eigenvalue weighted by atomic mass is 9.84. The number of ketones is 2. The summed E-state index contributed by atoms with van der Waals surface area (Å²) in [5.41, 5.74) is 1.36. The maximum absolute atomic E-state index is 12.6. The molecule has 0 saturated carbocycles. The van der Waals surface area contributed by atoms with Gasteiger partial charge in [0.2, 0.25) is 0 Å². The van der Waals surface area contributed by atoms with Crippen LogP contribution in [0.2, 0.25) is 0 Å². The van der Waals surface area contributed by atoms with Gasteiger partial charge in [0.05, 0.1) is 19.6 Å². The van der Waals surface area contributed by atoms with Gasteiger partial charge in [0, 0.05) is 17.5 Å². The summed E-state index contributed by atoms with van der Waals surface area (Å²) in [4.78, 5) is 49.7. The average Bonchev–Trinajstić information content (AvgIpc) is 3.07. The molecule has 0 fully saturated rings. The van der Waals surface area contributed by atoms with Crippen LogP contribution in [0.4, 0.5) is 0 Å². The number of carbonyl (C=O) groups excluding carboxylic acids is 4. The molecule has 1 aromatic rings. The van der Waals surface area contributed by atoms with Gasteiger partial charge < -0.3 is 9.47 Å². The molecule has 0 heterocycles. The molecule has 2 aliphatic carbocycles. The second kappa shape index (κ2) is 6.10. The Morgan fingerprint density at radius 1 is 1.00 bits per heavy atom. The number of benzene rings is 1. The van der Waals surface area contributed by atoms with Crippen LogP contribution in [-0.2, 0) is 31.9 Å². The van der Waals surface area contributed by atoms with Gasteiger partial charge in [-0.2, -0.15) is 0 Å². The molecule has 25 heavy (non-hydrogen) atoms. The first-order valence-electron chi connectivity index (χ1n) is 8.41. The number of aryl methyl sites for hydroxylation is 1. The van der Waals surface area contributed by atoms with Crippen molar-refractivity contribution in [2.75, 3.05) is 13.2 Å². The number of carbonyl (C=O) groups is 4. The minimum Gasteiger partial charge on any atom is -0.465 e. The highest BCUT2D eigenvalue weighted by molar-refractivity contribution is 6.26. The molecule has 3 rings (SSSR count). The van der Waals surface area contributed by atoms with Crippen LogP contribution in [0.1, 0.15) is 57.7 Å². The molecule has 0 aromatic heterocycles. The molecule has 0 atom stereocenters. The van der Waals surface area contributed by atoms with Crippen molar-refractivity contribution in [3.8, 4) is 0 Å². The minimum atomic E-state index is -1.48. The molecule has 0 amide bonds. The van der Waals surface area contributed by atoms with Crippen molar-refractivity contribution < 1.29 is 28.7 Å². The molecule has 0 saturated heterocycles. The number of hydrogen-bond donors (Lipinski definition) is 0. The molecule has 6 nitrogen and oxygen atoms in total. The Labute approximate surface area is 145 Å². The van der Waals surface area contributed by atoms with E-state index in [0.29, 0.717) is 22.3 Å². The number of fused-ring (bicyclic) bond motifs is 3. The second-order valence-electron chi connectivity index (χ2n) is 6.48. The molecule has 1 aromatic carbocycles. The number of ether oxygens (including phenoxy) is 2. The van der Waals surface area contributed by atoms with Gasteiger partial charge in [0.1, 0.15) is 0 Å². The second-order valence-corrected chi connectivity index (χ2v) is 6.48. The predicted octanol–water partition coefficient (Wildman–Crippen LogP) is 1.98. The molecule has 0 bridgehead atoms. The standard InChI is InChI=1S/C19H20O6/c1-4-24-17(22)19(18(23)25-5-2)8-11-6-10(3)15-13(20)7-14(21)16(15)12(11)9-19/h6H,4-5,7-9H2,1-3H3. The summed E-state index contributed by atoms with van der Waals surface area (Å²) in [6.07, 6.45) is -0.00430. The van der Waals surface area contributed by atoms with Crippen LogP contribution in [0.5, 0.6) is 0 Å². The third kappa shape index (κ3) is 2.47. The molecule has 132 valence electrons. The lowest BCUT2D eigenvalue weighted by Crippen LogP contribution is -2.43. The Balaban J connectivity index is 2.13. The molecule has 0 radical (unpaired) electrons. The van der Waals surface area contributed by atoms with Crippen LogP contribution in [0, 0.1) is 12.3 Å². The lowest BCUT2D eigenvalue weighted by molar-refractivity contribution is -0.171. The average molecular weight is 344 g/mol. The molecular formula is C19H20O6. The van der Waals surface area contributed by atoms with Gasteiger partial charge in [-0.1, -0.05) is 6.07 Å². The van der Waals surface area contributed by atoms with Crippen LogP contribution in [0.15, 0.2) is 6.07 Å². The van der Waals surface area contributed by atoms with Crippen LogP contribution in [0.3, 0.4) is 0 Å². The fourth-order valence-electron chi connectivity index (χ4n) is 3.88. The highest BCUT2D eigenvalue weighted by atomic mass is 16.6. The molecule has 0 spiro atoms. The van der Waals surface area contributed by atoms with E-state index in [1.54, 1.807) is 26.8 Å². The first kappa shape index (κ1) is 17.3. The Hall–Kier alpha value is -2.50. The SMILES string of the molecule is CCOC(=O)C1(C(=O)OCC)Cc2cc(C)c3c(c2C1)C(=O)CC3=O. The van der Waals surface area contributed by atoms with Crippen molar-refractivity contribution in [3.05, 3.63) is 33.9 Å². The van der Waals surface area contributed by atoms with Crippen molar-refractivity contribution in [1.82, 2.24) is 0 Å². The Morgan fingerprint density at radius 2 is 1.56 bits per heavy atom. The number of Topliss-reactive ketones (excluding diaryl/α,β-unsaturated/α-hetero) is 2. The third-order valence-corrected chi connectivity index (χ3v) is 4.91. The van der Waals surface area contributed by atoms with Crippen molar-refractivity contribution in [1.29, 1.82) is 0 Å². The molecular weight excluding hydrogens is 324 g/mol. The van der Waals surface area contributed by atoms with Crippen molar-refractivity contribution in [2.45, 2.75) is 40.0 Å². The monoisotopic (exact) mass is 344 g/mol. The molecule has 6 heteroatoms. The first-order chi connectivity index (χ1) is 11.9. The van der Waals surface area contributed by atoms with Gasteiger partial charge in [0.15, 0.2) is 17.0 Å². The van der Waals surface area contributed by atoms with Gasteiger partial charge in [-0.25, -0.2) is 0 Å². The maximum Gasteiger partial charge on any atom is 0.324 e. The highest BCUT2D eigenvalue weighted by Gasteiger charge is 2.54. The fourth-order valence-corrected chi connectivity index (χ4v) is 3.88. The molecule has 0 aliphatic heterocycles. The predicted molar refractivity (Wildman–Crippen MR) is 87.6 cm³/mol. The van der Waals surface area contributed by atoms with Crippen molar-refractivity contribution in [3.63, 3.8) is 0 Å². The first-order valence-corrected chi connectivity index (χ1v) is 8.41. The third-order valence-electron chi connectivity index (χ3n) is 4.91. The smallest absolute Gasteiger partial charge is 0.324 e. The van der Waals surface area contributed by atoms with E-state index in [2.05, 4.69) is 0 Å². The topological polar surface area (TPSA) is 86.7 Å².